The van der Waals surface area contributed by atoms with E-state index in [0.29, 0.717) is 19.0 Å². The molecule has 21 heavy (non-hydrogen) atoms. The van der Waals surface area contributed by atoms with Crippen molar-refractivity contribution in [2.45, 2.75) is 20.4 Å². The fraction of sp³-hybridized carbons (Fsp3) is 0.267. The van der Waals surface area contributed by atoms with Gasteiger partial charge < -0.3 is 10.1 Å². The SMILES string of the molecule is CCOc1ncccc1CNC(=O)/C=C/c1csc(C)n1. The molecule has 110 valence electrons. The summed E-state index contributed by atoms with van der Waals surface area (Å²) < 4.78 is 5.41. The Morgan fingerprint density at radius 1 is 1.52 bits per heavy atom. The summed E-state index contributed by atoms with van der Waals surface area (Å²) in [6, 6.07) is 3.70. The molecule has 0 radical (unpaired) electrons. The molecule has 2 aromatic rings. The van der Waals surface area contributed by atoms with E-state index in [1.807, 2.05) is 31.4 Å². The predicted octanol–water partition coefficient (Wildman–Crippen LogP) is 2.57. The molecule has 0 spiro atoms. The largest absolute Gasteiger partial charge is 0.478 e. The molecule has 0 saturated carbocycles. The molecular weight excluding hydrogens is 286 g/mol. The summed E-state index contributed by atoms with van der Waals surface area (Å²) in [5.41, 5.74) is 1.65. The molecule has 5 nitrogen and oxygen atoms in total. The van der Waals surface area contributed by atoms with E-state index in [4.69, 9.17) is 4.74 Å². The Morgan fingerprint density at radius 2 is 2.38 bits per heavy atom. The Morgan fingerprint density at radius 3 is 3.10 bits per heavy atom. The zero-order chi connectivity index (χ0) is 15.1. The lowest BCUT2D eigenvalue weighted by Gasteiger charge is -2.08. The molecule has 1 N–H and O–H groups in total. The number of hydrogen-bond acceptors (Lipinski definition) is 5. The Balaban J connectivity index is 1.90. The number of pyridine rings is 1. The normalized spacial score (nSPS) is 10.8. The third-order valence-corrected chi connectivity index (χ3v) is 3.42. The van der Waals surface area contributed by atoms with Crippen LogP contribution in [0.25, 0.3) is 6.08 Å². The van der Waals surface area contributed by atoms with Gasteiger partial charge in [0.25, 0.3) is 0 Å². The Hall–Kier alpha value is -2.21. The van der Waals surface area contributed by atoms with Crippen molar-refractivity contribution in [2.75, 3.05) is 6.61 Å². The maximum Gasteiger partial charge on any atom is 0.244 e. The molecule has 0 fully saturated rings. The van der Waals surface area contributed by atoms with E-state index in [-0.39, 0.29) is 5.91 Å². The zero-order valence-corrected chi connectivity index (χ0v) is 12.8. The van der Waals surface area contributed by atoms with Crippen LogP contribution in [0.4, 0.5) is 0 Å². The number of hydrogen-bond donors (Lipinski definition) is 1. The molecule has 1 amide bonds. The second-order valence-electron chi connectivity index (χ2n) is 4.24. The number of aromatic nitrogens is 2. The van der Waals surface area contributed by atoms with Crippen LogP contribution in [0, 0.1) is 6.92 Å². The van der Waals surface area contributed by atoms with Crippen LogP contribution < -0.4 is 10.1 Å². The molecule has 0 aliphatic carbocycles. The summed E-state index contributed by atoms with van der Waals surface area (Å²) in [5, 5.41) is 5.69. The first kappa shape index (κ1) is 15.2. The van der Waals surface area contributed by atoms with E-state index in [0.717, 1.165) is 16.3 Å². The standard InChI is InChI=1S/C15H17N3O2S/c1-3-20-15-12(5-4-8-16-15)9-17-14(19)7-6-13-10-21-11(2)18-13/h4-8,10H,3,9H2,1-2H3,(H,17,19)/b7-6+. The lowest BCUT2D eigenvalue weighted by atomic mass is 10.2. The molecule has 0 aliphatic heterocycles. The van der Waals surface area contributed by atoms with E-state index in [1.165, 1.54) is 6.08 Å². The van der Waals surface area contributed by atoms with E-state index in [1.54, 1.807) is 23.6 Å². The molecule has 2 aromatic heterocycles. The van der Waals surface area contributed by atoms with Gasteiger partial charge in [-0.25, -0.2) is 9.97 Å². The summed E-state index contributed by atoms with van der Waals surface area (Å²) >= 11 is 1.55. The molecule has 2 heterocycles. The summed E-state index contributed by atoms with van der Waals surface area (Å²) in [6.07, 6.45) is 4.84. The summed E-state index contributed by atoms with van der Waals surface area (Å²) in [6.45, 7) is 4.75. The van der Waals surface area contributed by atoms with Gasteiger partial charge in [-0.2, -0.15) is 0 Å². The van der Waals surface area contributed by atoms with Gasteiger partial charge in [-0.1, -0.05) is 6.07 Å². The first-order valence-electron chi connectivity index (χ1n) is 6.63. The highest BCUT2D eigenvalue weighted by molar-refractivity contribution is 7.09. The third-order valence-electron chi connectivity index (χ3n) is 2.63. The molecule has 0 unspecified atom stereocenters. The van der Waals surface area contributed by atoms with Gasteiger partial charge in [-0.05, 0) is 26.0 Å². The van der Waals surface area contributed by atoms with Crippen LogP contribution in [-0.4, -0.2) is 22.5 Å². The van der Waals surface area contributed by atoms with Gasteiger partial charge in [0.15, 0.2) is 0 Å². The third kappa shape index (κ3) is 4.68. The number of carbonyl (C=O) groups excluding carboxylic acids is 1. The van der Waals surface area contributed by atoms with Gasteiger partial charge in [0.05, 0.1) is 17.3 Å². The first-order valence-corrected chi connectivity index (χ1v) is 7.51. The van der Waals surface area contributed by atoms with E-state index >= 15 is 0 Å². The molecule has 2 rings (SSSR count). The molecule has 6 heteroatoms. The first-order chi connectivity index (χ1) is 10.2. The Labute approximate surface area is 127 Å². The van der Waals surface area contributed by atoms with E-state index in [9.17, 15) is 4.79 Å². The van der Waals surface area contributed by atoms with Crippen LogP contribution in [0.3, 0.4) is 0 Å². The van der Waals surface area contributed by atoms with Crippen molar-refractivity contribution in [3.8, 4) is 5.88 Å². The lowest BCUT2D eigenvalue weighted by Crippen LogP contribution is -2.20. The minimum atomic E-state index is -0.174. The smallest absolute Gasteiger partial charge is 0.244 e. The van der Waals surface area contributed by atoms with Crippen LogP contribution in [-0.2, 0) is 11.3 Å². The maximum absolute atomic E-state index is 11.8. The van der Waals surface area contributed by atoms with Crippen molar-refractivity contribution >= 4 is 23.3 Å². The van der Waals surface area contributed by atoms with Gasteiger partial charge in [0, 0.05) is 29.8 Å². The quantitative estimate of drug-likeness (QED) is 0.833. The molecular formula is C15H17N3O2S. The number of ether oxygens (including phenoxy) is 1. The van der Waals surface area contributed by atoms with Crippen LogP contribution in [0.2, 0.25) is 0 Å². The van der Waals surface area contributed by atoms with E-state index in [2.05, 4.69) is 15.3 Å². The highest BCUT2D eigenvalue weighted by Crippen LogP contribution is 2.13. The maximum atomic E-state index is 11.8. The molecule has 0 bridgehead atoms. The minimum absolute atomic E-state index is 0.174. The highest BCUT2D eigenvalue weighted by Gasteiger charge is 2.05. The zero-order valence-electron chi connectivity index (χ0n) is 12.0. The van der Waals surface area contributed by atoms with Gasteiger partial charge >= 0.3 is 0 Å². The minimum Gasteiger partial charge on any atom is -0.478 e. The Bertz CT molecular complexity index is 637. The van der Waals surface area contributed by atoms with Gasteiger partial charge in [-0.3, -0.25) is 4.79 Å². The number of nitrogens with one attached hydrogen (secondary N) is 1. The van der Waals surface area contributed by atoms with Crippen molar-refractivity contribution in [1.29, 1.82) is 0 Å². The van der Waals surface area contributed by atoms with Crippen molar-refractivity contribution in [1.82, 2.24) is 15.3 Å². The predicted molar refractivity (Wildman–Crippen MR) is 83.1 cm³/mol. The molecule has 0 saturated heterocycles. The number of carbonyl (C=O) groups is 1. The Kier molecular flexibility index (Phi) is 5.45. The number of nitrogens with zero attached hydrogens (tertiary/aromatic N) is 2. The number of rotatable bonds is 6. The van der Waals surface area contributed by atoms with Crippen molar-refractivity contribution in [3.05, 3.63) is 46.1 Å². The van der Waals surface area contributed by atoms with Crippen LogP contribution in [0.1, 0.15) is 23.2 Å². The summed E-state index contributed by atoms with van der Waals surface area (Å²) in [4.78, 5) is 20.2. The topological polar surface area (TPSA) is 64.1 Å². The highest BCUT2D eigenvalue weighted by atomic mass is 32.1. The van der Waals surface area contributed by atoms with Crippen molar-refractivity contribution in [2.24, 2.45) is 0 Å². The van der Waals surface area contributed by atoms with Crippen molar-refractivity contribution < 1.29 is 9.53 Å². The second kappa shape index (κ2) is 7.54. The van der Waals surface area contributed by atoms with Crippen LogP contribution in [0.5, 0.6) is 5.88 Å². The van der Waals surface area contributed by atoms with Gasteiger partial charge in [0.1, 0.15) is 0 Å². The fourth-order valence-corrected chi connectivity index (χ4v) is 2.27. The lowest BCUT2D eigenvalue weighted by molar-refractivity contribution is -0.116. The van der Waals surface area contributed by atoms with Crippen LogP contribution >= 0.6 is 11.3 Å². The number of thiazole rings is 1. The average Bonchev–Trinajstić information content (AvgIpc) is 2.90. The number of amides is 1. The summed E-state index contributed by atoms with van der Waals surface area (Å²) in [5.74, 6) is 0.381. The number of aryl methyl sites for hydroxylation is 1. The second-order valence-corrected chi connectivity index (χ2v) is 5.31. The van der Waals surface area contributed by atoms with Crippen LogP contribution in [0.15, 0.2) is 29.8 Å². The molecule has 0 aromatic carbocycles. The fourth-order valence-electron chi connectivity index (χ4n) is 1.68. The van der Waals surface area contributed by atoms with E-state index < -0.39 is 0 Å². The van der Waals surface area contributed by atoms with Gasteiger partial charge in [0.2, 0.25) is 11.8 Å². The van der Waals surface area contributed by atoms with Gasteiger partial charge in [-0.15, -0.1) is 11.3 Å². The average molecular weight is 303 g/mol. The van der Waals surface area contributed by atoms with Crippen molar-refractivity contribution in [3.63, 3.8) is 0 Å². The summed E-state index contributed by atoms with van der Waals surface area (Å²) in [7, 11) is 0. The monoisotopic (exact) mass is 303 g/mol. The molecule has 0 atom stereocenters. The molecule has 0 aliphatic rings.